The highest BCUT2D eigenvalue weighted by molar-refractivity contribution is 6.30. The maximum atomic E-state index is 12.0. The Balaban J connectivity index is 1.80. The number of carbonyl (C=O) groups excluding carboxylic acids is 3. The molecule has 128 valence electrons. The van der Waals surface area contributed by atoms with Gasteiger partial charge in [-0.15, -0.1) is 0 Å². The number of benzene rings is 1. The van der Waals surface area contributed by atoms with Crippen LogP contribution in [0.25, 0.3) is 6.08 Å². The average Bonchev–Trinajstić information content (AvgIpc) is 2.58. The first kappa shape index (κ1) is 18.0. The summed E-state index contributed by atoms with van der Waals surface area (Å²) < 4.78 is 4.94. The smallest absolute Gasteiger partial charge is 0.331 e. The SMILES string of the molecule is NC(=O)[C@@H]1CCCN(C(=O)COC(=O)/C=C/c2cccc(Cl)c2)C1. The molecular weight excluding hydrogens is 332 g/mol. The minimum atomic E-state index is -0.619. The van der Waals surface area contributed by atoms with Crippen molar-refractivity contribution in [3.8, 4) is 0 Å². The second kappa shape index (κ2) is 8.49. The van der Waals surface area contributed by atoms with E-state index in [0.29, 0.717) is 24.4 Å². The normalized spacial score (nSPS) is 17.7. The van der Waals surface area contributed by atoms with Crippen molar-refractivity contribution in [2.45, 2.75) is 12.8 Å². The van der Waals surface area contributed by atoms with E-state index >= 15 is 0 Å². The molecule has 1 saturated heterocycles. The molecule has 1 heterocycles. The van der Waals surface area contributed by atoms with Crippen molar-refractivity contribution >= 4 is 35.5 Å². The third-order valence-electron chi connectivity index (χ3n) is 3.77. The zero-order valence-corrected chi connectivity index (χ0v) is 13.9. The number of amides is 2. The summed E-state index contributed by atoms with van der Waals surface area (Å²) in [5.41, 5.74) is 6.03. The monoisotopic (exact) mass is 350 g/mol. The molecule has 2 N–H and O–H groups in total. The second-order valence-corrected chi connectivity index (χ2v) is 6.01. The van der Waals surface area contributed by atoms with E-state index < -0.39 is 11.9 Å². The lowest BCUT2D eigenvalue weighted by molar-refractivity contribution is -0.149. The second-order valence-electron chi connectivity index (χ2n) is 5.58. The first-order valence-electron chi connectivity index (χ1n) is 7.63. The fourth-order valence-electron chi connectivity index (χ4n) is 2.48. The maximum Gasteiger partial charge on any atom is 0.331 e. The van der Waals surface area contributed by atoms with Gasteiger partial charge in [-0.3, -0.25) is 9.59 Å². The number of rotatable bonds is 5. The minimum Gasteiger partial charge on any atom is -0.452 e. The van der Waals surface area contributed by atoms with Crippen molar-refractivity contribution in [3.63, 3.8) is 0 Å². The molecule has 0 unspecified atom stereocenters. The average molecular weight is 351 g/mol. The summed E-state index contributed by atoms with van der Waals surface area (Å²) >= 11 is 5.85. The highest BCUT2D eigenvalue weighted by Crippen LogP contribution is 2.16. The molecule has 0 bridgehead atoms. The van der Waals surface area contributed by atoms with E-state index in [-0.39, 0.29) is 25.0 Å². The van der Waals surface area contributed by atoms with Crippen molar-refractivity contribution in [2.75, 3.05) is 19.7 Å². The molecule has 24 heavy (non-hydrogen) atoms. The van der Waals surface area contributed by atoms with Crippen LogP contribution in [0, 0.1) is 5.92 Å². The molecule has 1 atom stereocenters. The lowest BCUT2D eigenvalue weighted by Gasteiger charge is -2.30. The summed E-state index contributed by atoms with van der Waals surface area (Å²) in [4.78, 5) is 36.4. The van der Waals surface area contributed by atoms with E-state index in [2.05, 4.69) is 0 Å². The van der Waals surface area contributed by atoms with Gasteiger partial charge >= 0.3 is 5.97 Å². The number of primary amides is 1. The summed E-state index contributed by atoms with van der Waals surface area (Å²) in [5, 5.41) is 0.565. The van der Waals surface area contributed by atoms with Crippen LogP contribution in [0.4, 0.5) is 0 Å². The third kappa shape index (κ3) is 5.38. The van der Waals surface area contributed by atoms with Crippen LogP contribution in [0.3, 0.4) is 0 Å². The molecule has 0 radical (unpaired) electrons. The fraction of sp³-hybridized carbons (Fsp3) is 0.353. The Morgan fingerprint density at radius 3 is 2.88 bits per heavy atom. The van der Waals surface area contributed by atoms with Crippen molar-refractivity contribution in [2.24, 2.45) is 11.7 Å². The van der Waals surface area contributed by atoms with E-state index in [9.17, 15) is 14.4 Å². The molecule has 0 spiro atoms. The van der Waals surface area contributed by atoms with Gasteiger partial charge in [0.25, 0.3) is 5.91 Å². The van der Waals surface area contributed by atoms with Crippen molar-refractivity contribution in [1.29, 1.82) is 0 Å². The van der Waals surface area contributed by atoms with Gasteiger partial charge in [0.15, 0.2) is 6.61 Å². The largest absolute Gasteiger partial charge is 0.452 e. The van der Waals surface area contributed by atoms with E-state index in [1.165, 1.54) is 11.0 Å². The minimum absolute atomic E-state index is 0.282. The highest BCUT2D eigenvalue weighted by atomic mass is 35.5. The van der Waals surface area contributed by atoms with Crippen molar-refractivity contribution < 1.29 is 19.1 Å². The number of nitrogens with two attached hydrogens (primary N) is 1. The van der Waals surface area contributed by atoms with E-state index in [1.807, 2.05) is 0 Å². The Kier molecular flexibility index (Phi) is 6.37. The van der Waals surface area contributed by atoms with Crippen LogP contribution < -0.4 is 5.73 Å². The molecule has 0 aromatic heterocycles. The van der Waals surface area contributed by atoms with E-state index in [0.717, 1.165) is 5.56 Å². The van der Waals surface area contributed by atoms with Gasteiger partial charge < -0.3 is 15.4 Å². The topological polar surface area (TPSA) is 89.7 Å². The lowest BCUT2D eigenvalue weighted by atomic mass is 9.97. The molecule has 0 aliphatic carbocycles. The summed E-state index contributed by atoms with van der Waals surface area (Å²) in [5.74, 6) is -1.69. The van der Waals surface area contributed by atoms with Gasteiger partial charge in [-0.05, 0) is 36.6 Å². The van der Waals surface area contributed by atoms with Gasteiger partial charge in [0.2, 0.25) is 5.91 Å². The Morgan fingerprint density at radius 2 is 2.17 bits per heavy atom. The first-order valence-corrected chi connectivity index (χ1v) is 8.01. The first-order chi connectivity index (χ1) is 11.5. The molecule has 1 aromatic carbocycles. The number of ether oxygens (including phenoxy) is 1. The molecule has 1 aromatic rings. The number of carbonyl (C=O) groups is 3. The van der Waals surface area contributed by atoms with Gasteiger partial charge in [0, 0.05) is 24.2 Å². The molecule has 1 aliphatic heterocycles. The van der Waals surface area contributed by atoms with Crippen molar-refractivity contribution in [1.82, 2.24) is 4.90 Å². The number of nitrogens with zero attached hydrogens (tertiary/aromatic N) is 1. The van der Waals surface area contributed by atoms with Gasteiger partial charge in [-0.1, -0.05) is 23.7 Å². The Bertz CT molecular complexity index is 660. The van der Waals surface area contributed by atoms with Crippen LogP contribution in [-0.4, -0.2) is 42.4 Å². The Morgan fingerprint density at radius 1 is 1.38 bits per heavy atom. The van der Waals surface area contributed by atoms with Crippen molar-refractivity contribution in [3.05, 3.63) is 40.9 Å². The quantitative estimate of drug-likeness (QED) is 0.645. The number of hydrogen-bond acceptors (Lipinski definition) is 4. The number of esters is 1. The maximum absolute atomic E-state index is 12.0. The predicted molar refractivity (Wildman–Crippen MR) is 89.9 cm³/mol. The summed E-state index contributed by atoms with van der Waals surface area (Å²) in [6, 6.07) is 6.99. The van der Waals surface area contributed by atoms with Crippen LogP contribution in [0.1, 0.15) is 18.4 Å². The Hall–Kier alpha value is -2.34. The highest BCUT2D eigenvalue weighted by Gasteiger charge is 2.27. The number of hydrogen-bond donors (Lipinski definition) is 1. The van der Waals surface area contributed by atoms with Gasteiger partial charge in [0.05, 0.1) is 5.92 Å². The standard InChI is InChI=1S/C17H19ClN2O4/c18-14-5-1-3-12(9-14)6-7-16(22)24-11-15(21)20-8-2-4-13(10-20)17(19)23/h1,3,5-7,9,13H,2,4,8,10-11H2,(H2,19,23)/b7-6+/t13-/m1/s1. The summed E-state index contributed by atoms with van der Waals surface area (Å²) in [6.07, 6.45) is 4.19. The zero-order valence-electron chi connectivity index (χ0n) is 13.1. The fourth-order valence-corrected chi connectivity index (χ4v) is 2.68. The molecule has 2 rings (SSSR count). The molecule has 1 fully saturated rings. The third-order valence-corrected chi connectivity index (χ3v) is 4.01. The zero-order chi connectivity index (χ0) is 17.5. The molecule has 6 nitrogen and oxygen atoms in total. The summed E-state index contributed by atoms with van der Waals surface area (Å²) in [6.45, 7) is 0.465. The molecule has 0 saturated carbocycles. The van der Waals surface area contributed by atoms with E-state index in [1.54, 1.807) is 30.3 Å². The van der Waals surface area contributed by atoms with Crippen LogP contribution in [0.2, 0.25) is 5.02 Å². The number of piperidine rings is 1. The number of likely N-dealkylation sites (tertiary alicyclic amines) is 1. The molecule has 1 aliphatic rings. The van der Waals surface area contributed by atoms with Gasteiger partial charge in [-0.2, -0.15) is 0 Å². The van der Waals surface area contributed by atoms with Crippen LogP contribution in [0.5, 0.6) is 0 Å². The number of halogens is 1. The molecule has 2 amide bonds. The van der Waals surface area contributed by atoms with Crippen LogP contribution in [-0.2, 0) is 19.1 Å². The lowest BCUT2D eigenvalue weighted by Crippen LogP contribution is -2.45. The van der Waals surface area contributed by atoms with Gasteiger partial charge in [0.1, 0.15) is 0 Å². The predicted octanol–water partition coefficient (Wildman–Crippen LogP) is 1.62. The van der Waals surface area contributed by atoms with Gasteiger partial charge in [-0.25, -0.2) is 4.79 Å². The van der Waals surface area contributed by atoms with Crippen LogP contribution >= 0.6 is 11.6 Å². The molecule has 7 heteroatoms. The molecular formula is C17H19ClN2O4. The summed E-state index contributed by atoms with van der Waals surface area (Å²) in [7, 11) is 0. The Labute approximate surface area is 145 Å². The van der Waals surface area contributed by atoms with E-state index in [4.69, 9.17) is 22.1 Å². The van der Waals surface area contributed by atoms with Crippen LogP contribution in [0.15, 0.2) is 30.3 Å².